The van der Waals surface area contributed by atoms with Crippen LogP contribution in [0.5, 0.6) is 0 Å². The molecule has 0 fully saturated rings. The molecule has 0 aromatic heterocycles. The molecule has 0 bridgehead atoms. The molecule has 1 aromatic rings. The van der Waals surface area contributed by atoms with Crippen LogP contribution in [0, 0.1) is 19.4 Å². The Morgan fingerprint density at radius 3 is 2.38 bits per heavy atom. The van der Waals surface area contributed by atoms with Crippen molar-refractivity contribution in [3.8, 4) is 0 Å². The second kappa shape index (κ2) is 4.83. The molecule has 1 radical (unpaired) electrons. The summed E-state index contributed by atoms with van der Waals surface area (Å²) in [6.07, 6.45) is 7.94. The third kappa shape index (κ3) is 2.53. The topological polar surface area (TPSA) is 0 Å². The Labute approximate surface area is 101 Å². The summed E-state index contributed by atoms with van der Waals surface area (Å²) in [7, 11) is -0.275. The van der Waals surface area contributed by atoms with Crippen molar-refractivity contribution in [2.24, 2.45) is 0 Å². The van der Waals surface area contributed by atoms with Crippen LogP contribution in [-0.2, 0) is 0 Å². The number of hydrogen-bond acceptors (Lipinski definition) is 0. The van der Waals surface area contributed by atoms with Crippen molar-refractivity contribution in [3.05, 3.63) is 58.7 Å². The highest BCUT2D eigenvalue weighted by atomic mass is 28.2. The molecule has 2 rings (SSSR count). The van der Waals surface area contributed by atoms with Crippen LogP contribution in [-0.4, -0.2) is 9.52 Å². The molecule has 1 aromatic carbocycles. The molecule has 0 N–H and O–H groups in total. The summed E-state index contributed by atoms with van der Waals surface area (Å²) in [5.41, 5.74) is 5.96. The first-order valence-electron chi connectivity index (χ1n) is 5.99. The van der Waals surface area contributed by atoms with Crippen LogP contribution >= 0.6 is 0 Å². The maximum absolute atomic E-state index is 2.35. The summed E-state index contributed by atoms with van der Waals surface area (Å²) in [6.45, 7) is 6.63. The predicted molar refractivity (Wildman–Crippen MR) is 74.9 cm³/mol. The van der Waals surface area contributed by atoms with Crippen LogP contribution in [0.25, 0.3) is 0 Å². The van der Waals surface area contributed by atoms with Gasteiger partial charge in [-0.1, -0.05) is 65.2 Å². The van der Waals surface area contributed by atoms with E-state index in [1.807, 2.05) is 0 Å². The normalized spacial score (nSPS) is 16.3. The minimum absolute atomic E-state index is 0.275. The van der Waals surface area contributed by atoms with Gasteiger partial charge in [0.15, 0.2) is 0 Å². The first-order valence-corrected chi connectivity index (χ1v) is 7.41. The molecule has 0 saturated heterocycles. The lowest BCUT2D eigenvalue weighted by molar-refractivity contribution is 1.12. The highest BCUT2D eigenvalue weighted by Crippen LogP contribution is 2.22. The lowest BCUT2D eigenvalue weighted by Gasteiger charge is -2.12. The lowest BCUT2D eigenvalue weighted by Crippen LogP contribution is -2.21. The van der Waals surface area contributed by atoms with Gasteiger partial charge in [0.05, 0.1) is 9.52 Å². The predicted octanol–water partition coefficient (Wildman–Crippen LogP) is 2.54. The van der Waals surface area contributed by atoms with Crippen LogP contribution in [0.1, 0.15) is 24.5 Å². The van der Waals surface area contributed by atoms with E-state index >= 15 is 0 Å². The minimum Gasteiger partial charge on any atom is -0.0764 e. The second-order valence-corrected chi connectivity index (χ2v) is 6.53. The molecule has 0 atom stereocenters. The molecule has 83 valence electrons. The van der Waals surface area contributed by atoms with E-state index in [0.29, 0.717) is 0 Å². The maximum Gasteiger partial charge on any atom is 0.0717 e. The molecule has 1 heteroatoms. The zero-order valence-electron chi connectivity index (χ0n) is 10.4. The van der Waals surface area contributed by atoms with E-state index in [2.05, 4.69) is 57.2 Å². The van der Waals surface area contributed by atoms with Gasteiger partial charge in [-0.2, -0.15) is 0 Å². The van der Waals surface area contributed by atoms with Crippen LogP contribution in [0.3, 0.4) is 0 Å². The summed E-state index contributed by atoms with van der Waals surface area (Å²) in [4.78, 5) is 0. The van der Waals surface area contributed by atoms with E-state index in [-0.39, 0.29) is 9.52 Å². The van der Waals surface area contributed by atoms with E-state index in [1.54, 1.807) is 16.3 Å². The average Bonchev–Trinajstić information content (AvgIpc) is 2.63. The third-order valence-corrected chi connectivity index (χ3v) is 4.95. The Bertz CT molecular complexity index is 420. The number of benzene rings is 1. The number of aryl methyl sites for hydroxylation is 2. The van der Waals surface area contributed by atoms with Gasteiger partial charge in [0.25, 0.3) is 0 Å². The molecule has 0 nitrogen and oxygen atoms in total. The van der Waals surface area contributed by atoms with Gasteiger partial charge in [0.1, 0.15) is 0 Å². The van der Waals surface area contributed by atoms with Crippen molar-refractivity contribution in [3.63, 3.8) is 0 Å². The zero-order valence-corrected chi connectivity index (χ0v) is 11.8. The summed E-state index contributed by atoms with van der Waals surface area (Å²) < 4.78 is 0. The van der Waals surface area contributed by atoms with Gasteiger partial charge in [0.2, 0.25) is 0 Å². The van der Waals surface area contributed by atoms with Gasteiger partial charge in [-0.25, -0.2) is 0 Å². The lowest BCUT2D eigenvalue weighted by atomic mass is 10.2. The summed E-state index contributed by atoms with van der Waals surface area (Å²) >= 11 is 0. The van der Waals surface area contributed by atoms with E-state index in [1.165, 1.54) is 17.5 Å². The van der Waals surface area contributed by atoms with Crippen LogP contribution in [0.4, 0.5) is 0 Å². The van der Waals surface area contributed by atoms with Gasteiger partial charge >= 0.3 is 0 Å². The summed E-state index contributed by atoms with van der Waals surface area (Å²) in [5, 5.41) is 1.57. The number of hydrogen-bond donors (Lipinski definition) is 0. The Morgan fingerprint density at radius 1 is 1.06 bits per heavy atom. The molecule has 1 aliphatic carbocycles. The van der Waals surface area contributed by atoms with Crippen molar-refractivity contribution in [1.82, 2.24) is 0 Å². The molecule has 16 heavy (non-hydrogen) atoms. The van der Waals surface area contributed by atoms with Crippen molar-refractivity contribution in [1.29, 1.82) is 0 Å². The molecule has 0 spiro atoms. The van der Waals surface area contributed by atoms with Crippen LogP contribution in [0.2, 0.25) is 0 Å². The van der Waals surface area contributed by atoms with Crippen molar-refractivity contribution < 1.29 is 0 Å². The highest BCUT2D eigenvalue weighted by Gasteiger charge is 2.15. The SMILES string of the molecule is CCC1=CC=C[C]1[SiH2]c1cc(C)cc(C)c1. The molecule has 0 saturated carbocycles. The zero-order chi connectivity index (χ0) is 11.5. The fourth-order valence-corrected chi connectivity index (χ4v) is 4.54. The Hall–Kier alpha value is -1.08. The van der Waals surface area contributed by atoms with Crippen molar-refractivity contribution >= 4 is 14.7 Å². The Kier molecular flexibility index (Phi) is 3.45. The Morgan fingerprint density at radius 2 is 1.75 bits per heavy atom. The molecular formula is C15H19Si. The van der Waals surface area contributed by atoms with E-state index in [9.17, 15) is 0 Å². The fraction of sp³-hybridized carbons (Fsp3) is 0.267. The minimum atomic E-state index is -0.275. The first kappa shape index (κ1) is 11.4. The largest absolute Gasteiger partial charge is 0.0764 e. The smallest absolute Gasteiger partial charge is 0.0717 e. The number of rotatable bonds is 3. The molecule has 0 aliphatic heterocycles. The summed E-state index contributed by atoms with van der Waals surface area (Å²) in [5.74, 6) is 0. The van der Waals surface area contributed by atoms with Gasteiger partial charge in [0, 0.05) is 5.54 Å². The molecular weight excluding hydrogens is 208 g/mol. The Balaban J connectivity index is 2.15. The number of allylic oxidation sites excluding steroid dienone is 4. The molecule has 0 heterocycles. The van der Waals surface area contributed by atoms with Gasteiger partial charge < -0.3 is 0 Å². The van der Waals surface area contributed by atoms with Crippen molar-refractivity contribution in [2.45, 2.75) is 27.2 Å². The van der Waals surface area contributed by atoms with Gasteiger partial charge in [-0.15, -0.1) is 0 Å². The molecule has 0 amide bonds. The molecule has 0 unspecified atom stereocenters. The van der Waals surface area contributed by atoms with Crippen LogP contribution < -0.4 is 5.19 Å². The van der Waals surface area contributed by atoms with Gasteiger partial charge in [-0.05, 0) is 20.3 Å². The van der Waals surface area contributed by atoms with Crippen molar-refractivity contribution in [2.75, 3.05) is 0 Å². The monoisotopic (exact) mass is 227 g/mol. The first-order chi connectivity index (χ1) is 7.69. The quantitative estimate of drug-likeness (QED) is 0.696. The van der Waals surface area contributed by atoms with Gasteiger partial charge in [-0.3, -0.25) is 0 Å². The standard InChI is InChI=1S/C15H19Si/c1-4-13-6-5-7-15(13)16-14-9-11(2)8-12(3)10-14/h5-10H,4,16H2,1-3H3. The van der Waals surface area contributed by atoms with E-state index in [4.69, 9.17) is 0 Å². The average molecular weight is 227 g/mol. The fourth-order valence-electron chi connectivity index (χ4n) is 2.40. The summed E-state index contributed by atoms with van der Waals surface area (Å²) in [6, 6.07) is 6.96. The van der Waals surface area contributed by atoms with E-state index in [0.717, 1.165) is 0 Å². The maximum atomic E-state index is 2.35. The van der Waals surface area contributed by atoms with E-state index < -0.39 is 0 Å². The molecule has 1 aliphatic rings. The third-order valence-electron chi connectivity index (χ3n) is 3.06. The second-order valence-electron chi connectivity index (χ2n) is 4.60. The highest BCUT2D eigenvalue weighted by molar-refractivity contribution is 6.61. The van der Waals surface area contributed by atoms with Crippen LogP contribution in [0.15, 0.2) is 42.0 Å².